The summed E-state index contributed by atoms with van der Waals surface area (Å²) in [4.78, 5) is 16.8. The lowest BCUT2D eigenvalue weighted by atomic mass is 10.1. The van der Waals surface area contributed by atoms with Crippen LogP contribution in [0.5, 0.6) is 5.75 Å². The van der Waals surface area contributed by atoms with Crippen molar-refractivity contribution < 1.29 is 9.53 Å². The fourth-order valence-electron chi connectivity index (χ4n) is 3.44. The molecule has 154 valence electrons. The van der Waals surface area contributed by atoms with E-state index in [0.29, 0.717) is 18.8 Å². The first-order valence-corrected chi connectivity index (χ1v) is 10.7. The number of ether oxygens (including phenoxy) is 1. The Labute approximate surface area is 184 Å². The fraction of sp³-hybridized carbons (Fsp3) is 0.261. The Morgan fingerprint density at radius 1 is 0.933 bits per heavy atom. The summed E-state index contributed by atoms with van der Waals surface area (Å²) in [5, 5.41) is 8.75. The molecule has 1 fully saturated rings. The third-order valence-corrected chi connectivity index (χ3v) is 5.64. The number of amides is 1. The highest BCUT2D eigenvalue weighted by Crippen LogP contribution is 2.20. The van der Waals surface area contributed by atoms with Crippen LogP contribution in [0.2, 0.25) is 0 Å². The standard InChI is InChI=1S/C23H23BrN4O2/c1-17(30-20-9-7-19(24)8-10-20)23(29)28-15-13-27(14-16-28)22-12-11-21(25-26-22)18-5-3-2-4-6-18/h2-12,17H,13-16H2,1H3. The summed E-state index contributed by atoms with van der Waals surface area (Å²) in [6, 6.07) is 21.5. The minimum absolute atomic E-state index is 0.00285. The molecule has 30 heavy (non-hydrogen) atoms. The maximum absolute atomic E-state index is 12.8. The molecule has 6 nitrogen and oxygen atoms in total. The smallest absolute Gasteiger partial charge is 0.263 e. The number of piperazine rings is 1. The SMILES string of the molecule is CC(Oc1ccc(Br)cc1)C(=O)N1CCN(c2ccc(-c3ccccc3)nn2)CC1. The molecule has 2 heterocycles. The first-order chi connectivity index (χ1) is 14.6. The average molecular weight is 467 g/mol. The van der Waals surface area contributed by atoms with Gasteiger partial charge in [-0.2, -0.15) is 0 Å². The summed E-state index contributed by atoms with van der Waals surface area (Å²) in [5.74, 6) is 1.52. The molecule has 0 N–H and O–H groups in total. The van der Waals surface area contributed by atoms with Crippen LogP contribution in [0.3, 0.4) is 0 Å². The van der Waals surface area contributed by atoms with Crippen molar-refractivity contribution >= 4 is 27.7 Å². The summed E-state index contributed by atoms with van der Waals surface area (Å²) in [7, 11) is 0. The van der Waals surface area contributed by atoms with E-state index in [9.17, 15) is 4.79 Å². The predicted molar refractivity (Wildman–Crippen MR) is 120 cm³/mol. The van der Waals surface area contributed by atoms with Crippen LogP contribution < -0.4 is 9.64 Å². The number of nitrogens with zero attached hydrogens (tertiary/aromatic N) is 4. The van der Waals surface area contributed by atoms with Crippen LogP contribution in [-0.4, -0.2) is 53.3 Å². The topological polar surface area (TPSA) is 58.6 Å². The Morgan fingerprint density at radius 3 is 2.27 bits per heavy atom. The quantitative estimate of drug-likeness (QED) is 0.568. The molecule has 1 amide bonds. The van der Waals surface area contributed by atoms with E-state index in [1.54, 1.807) is 6.92 Å². The van der Waals surface area contributed by atoms with Crippen molar-refractivity contribution in [2.75, 3.05) is 31.1 Å². The van der Waals surface area contributed by atoms with Crippen molar-refractivity contribution in [3.05, 3.63) is 71.2 Å². The van der Waals surface area contributed by atoms with E-state index in [2.05, 4.69) is 31.0 Å². The Morgan fingerprint density at radius 2 is 1.63 bits per heavy atom. The van der Waals surface area contributed by atoms with Crippen LogP contribution in [0.4, 0.5) is 5.82 Å². The van der Waals surface area contributed by atoms with Gasteiger partial charge in [-0.05, 0) is 43.3 Å². The van der Waals surface area contributed by atoms with Crippen LogP contribution in [0.1, 0.15) is 6.92 Å². The Kier molecular flexibility index (Phi) is 6.28. The Hall–Kier alpha value is -2.93. The number of anilines is 1. The molecule has 1 aromatic heterocycles. The molecule has 0 aliphatic carbocycles. The number of benzene rings is 2. The van der Waals surface area contributed by atoms with E-state index in [1.807, 2.05) is 71.6 Å². The molecule has 0 saturated carbocycles. The lowest BCUT2D eigenvalue weighted by Crippen LogP contribution is -2.52. The van der Waals surface area contributed by atoms with Gasteiger partial charge in [-0.25, -0.2) is 0 Å². The van der Waals surface area contributed by atoms with Gasteiger partial charge in [-0.1, -0.05) is 46.3 Å². The summed E-state index contributed by atoms with van der Waals surface area (Å²) < 4.78 is 6.78. The van der Waals surface area contributed by atoms with Crippen LogP contribution in [0.25, 0.3) is 11.3 Å². The largest absolute Gasteiger partial charge is 0.481 e. The molecule has 1 unspecified atom stereocenters. The third kappa shape index (κ3) is 4.79. The minimum atomic E-state index is -0.525. The van der Waals surface area contributed by atoms with Gasteiger partial charge in [0, 0.05) is 36.2 Å². The third-order valence-electron chi connectivity index (χ3n) is 5.11. The number of carbonyl (C=O) groups excluding carboxylic acids is 1. The molecule has 1 aliphatic rings. The van der Waals surface area contributed by atoms with Crippen molar-refractivity contribution in [2.24, 2.45) is 0 Å². The molecule has 1 aliphatic heterocycles. The predicted octanol–water partition coefficient (Wildman–Crippen LogP) is 4.02. The van der Waals surface area contributed by atoms with E-state index >= 15 is 0 Å². The van der Waals surface area contributed by atoms with Gasteiger partial charge in [0.1, 0.15) is 5.75 Å². The monoisotopic (exact) mass is 466 g/mol. The number of halogens is 1. The summed E-state index contributed by atoms with van der Waals surface area (Å²) in [6.07, 6.45) is -0.525. The van der Waals surface area contributed by atoms with Gasteiger partial charge < -0.3 is 14.5 Å². The van der Waals surface area contributed by atoms with E-state index in [1.165, 1.54) is 0 Å². The van der Waals surface area contributed by atoms with Gasteiger partial charge in [0.2, 0.25) is 0 Å². The van der Waals surface area contributed by atoms with Crippen LogP contribution in [0.15, 0.2) is 71.2 Å². The first-order valence-electron chi connectivity index (χ1n) is 9.95. The molecule has 0 bridgehead atoms. The maximum atomic E-state index is 12.8. The Balaban J connectivity index is 1.32. The second-order valence-electron chi connectivity index (χ2n) is 7.17. The molecule has 1 atom stereocenters. The van der Waals surface area contributed by atoms with Gasteiger partial charge in [-0.3, -0.25) is 4.79 Å². The number of hydrogen-bond donors (Lipinski definition) is 0. The van der Waals surface area contributed by atoms with Crippen molar-refractivity contribution in [3.8, 4) is 17.0 Å². The Bertz CT molecular complexity index is 972. The summed E-state index contributed by atoms with van der Waals surface area (Å²) >= 11 is 3.40. The lowest BCUT2D eigenvalue weighted by Gasteiger charge is -2.36. The van der Waals surface area contributed by atoms with Crippen molar-refractivity contribution in [2.45, 2.75) is 13.0 Å². The van der Waals surface area contributed by atoms with Gasteiger partial charge in [0.05, 0.1) is 5.69 Å². The van der Waals surface area contributed by atoms with Crippen LogP contribution in [-0.2, 0) is 4.79 Å². The summed E-state index contributed by atoms with van der Waals surface area (Å²) in [6.45, 7) is 4.50. The maximum Gasteiger partial charge on any atom is 0.263 e. The average Bonchev–Trinajstić information content (AvgIpc) is 2.81. The zero-order valence-electron chi connectivity index (χ0n) is 16.7. The number of rotatable bonds is 5. The van der Waals surface area contributed by atoms with Crippen molar-refractivity contribution in [1.82, 2.24) is 15.1 Å². The molecule has 1 saturated heterocycles. The number of aromatic nitrogens is 2. The molecule has 0 radical (unpaired) electrons. The highest BCUT2D eigenvalue weighted by molar-refractivity contribution is 9.10. The fourth-order valence-corrected chi connectivity index (χ4v) is 3.70. The highest BCUT2D eigenvalue weighted by Gasteiger charge is 2.26. The summed E-state index contributed by atoms with van der Waals surface area (Å²) in [5.41, 5.74) is 1.90. The molecule has 2 aromatic carbocycles. The van der Waals surface area contributed by atoms with Gasteiger partial charge in [-0.15, -0.1) is 10.2 Å². The van der Waals surface area contributed by atoms with Gasteiger partial charge in [0.25, 0.3) is 5.91 Å². The molecular weight excluding hydrogens is 444 g/mol. The second-order valence-corrected chi connectivity index (χ2v) is 8.08. The molecule has 4 rings (SSSR count). The zero-order valence-corrected chi connectivity index (χ0v) is 18.3. The van der Waals surface area contributed by atoms with E-state index in [0.717, 1.165) is 34.6 Å². The second kappa shape index (κ2) is 9.26. The normalized spacial score (nSPS) is 15.0. The highest BCUT2D eigenvalue weighted by atomic mass is 79.9. The van der Waals surface area contributed by atoms with Gasteiger partial charge >= 0.3 is 0 Å². The van der Waals surface area contributed by atoms with Crippen molar-refractivity contribution in [3.63, 3.8) is 0 Å². The van der Waals surface area contributed by atoms with E-state index in [-0.39, 0.29) is 5.91 Å². The van der Waals surface area contributed by atoms with Crippen LogP contribution in [0, 0.1) is 0 Å². The van der Waals surface area contributed by atoms with Gasteiger partial charge in [0.15, 0.2) is 11.9 Å². The minimum Gasteiger partial charge on any atom is -0.481 e. The molecule has 3 aromatic rings. The first kappa shape index (κ1) is 20.3. The van der Waals surface area contributed by atoms with Crippen molar-refractivity contribution in [1.29, 1.82) is 0 Å². The molecular formula is C23H23BrN4O2. The molecule has 0 spiro atoms. The number of carbonyl (C=O) groups is 1. The van der Waals surface area contributed by atoms with E-state index in [4.69, 9.17) is 4.74 Å². The lowest BCUT2D eigenvalue weighted by molar-refractivity contribution is -0.138. The molecule has 7 heteroatoms. The van der Waals surface area contributed by atoms with Crippen LogP contribution >= 0.6 is 15.9 Å². The zero-order chi connectivity index (χ0) is 20.9. The van der Waals surface area contributed by atoms with E-state index < -0.39 is 6.10 Å². The number of hydrogen-bond acceptors (Lipinski definition) is 5.